The van der Waals surface area contributed by atoms with Crippen LogP contribution in [0.25, 0.3) is 53.8 Å². The maximum absolute atomic E-state index is 14.0. The van der Waals surface area contributed by atoms with Crippen molar-refractivity contribution in [2.45, 2.75) is 65.1 Å². The van der Waals surface area contributed by atoms with E-state index in [1.807, 2.05) is 30.5 Å². The van der Waals surface area contributed by atoms with E-state index >= 15 is 0 Å². The van der Waals surface area contributed by atoms with E-state index in [1.54, 1.807) is 23.5 Å². The van der Waals surface area contributed by atoms with Gasteiger partial charge in [-0.25, -0.2) is 4.39 Å². The van der Waals surface area contributed by atoms with Crippen LogP contribution in [-0.2, 0) is 26.5 Å². The molecule has 4 aromatic carbocycles. The molecule has 51 heavy (non-hydrogen) atoms. The van der Waals surface area contributed by atoms with Crippen molar-refractivity contribution in [3.05, 3.63) is 139 Å². The summed E-state index contributed by atoms with van der Waals surface area (Å²) in [6, 6.07) is 38.7. The van der Waals surface area contributed by atoms with Gasteiger partial charge in [0.05, 0.1) is 8.07 Å². The largest absolute Gasteiger partial charge is 0.305 e. The van der Waals surface area contributed by atoms with Crippen molar-refractivity contribution in [2.24, 2.45) is 5.92 Å². The molecule has 0 atom stereocenters. The zero-order valence-corrected chi connectivity index (χ0v) is 33.9. The van der Waals surface area contributed by atoms with E-state index in [1.165, 1.54) is 74.7 Å². The molecule has 0 saturated heterocycles. The van der Waals surface area contributed by atoms with Gasteiger partial charge in [-0.15, -0.1) is 59.7 Å². The van der Waals surface area contributed by atoms with Crippen LogP contribution in [0.1, 0.15) is 43.2 Å². The van der Waals surface area contributed by atoms with Crippen LogP contribution in [0.15, 0.2) is 109 Å². The minimum atomic E-state index is -1.27. The second-order valence-corrected chi connectivity index (χ2v) is 20.7. The van der Waals surface area contributed by atoms with Crippen molar-refractivity contribution >= 4 is 44.8 Å². The van der Waals surface area contributed by atoms with Gasteiger partial charge in [-0.05, 0) is 81.3 Å². The molecule has 8 rings (SSSR count). The van der Waals surface area contributed by atoms with Gasteiger partial charge in [0.15, 0.2) is 0 Å². The quantitative estimate of drug-likeness (QED) is 0.123. The third-order valence-electron chi connectivity index (χ3n) is 9.82. The summed E-state index contributed by atoms with van der Waals surface area (Å²) in [6.45, 7) is 9.24. The Balaban J connectivity index is 0.000000211. The van der Waals surface area contributed by atoms with Crippen LogP contribution >= 0.6 is 11.3 Å². The number of aryl methyl sites for hydroxylation is 1. The minimum Gasteiger partial charge on any atom is -0.305 e. The molecule has 3 aromatic heterocycles. The normalized spacial score (nSPS) is 13.4. The number of hydrogen-bond donors (Lipinski definition) is 0. The first-order valence-corrected chi connectivity index (χ1v) is 22.1. The summed E-state index contributed by atoms with van der Waals surface area (Å²) < 4.78 is 16.4. The predicted octanol–water partition coefficient (Wildman–Crippen LogP) is 12.2. The molecular weight excluding hydrogens is 840 g/mol. The monoisotopic (exact) mass is 883 g/mol. The molecule has 0 bridgehead atoms. The molecule has 6 heteroatoms. The van der Waals surface area contributed by atoms with E-state index in [0.29, 0.717) is 0 Å². The molecule has 1 radical (unpaired) electrons. The first-order valence-electron chi connectivity index (χ1n) is 17.8. The van der Waals surface area contributed by atoms with E-state index in [0.717, 1.165) is 46.0 Å². The van der Waals surface area contributed by atoms with Gasteiger partial charge in [-0.1, -0.05) is 105 Å². The molecule has 0 unspecified atom stereocenters. The van der Waals surface area contributed by atoms with Crippen molar-refractivity contribution in [3.8, 4) is 33.6 Å². The number of hydrogen-bond acceptors (Lipinski definition) is 3. The van der Waals surface area contributed by atoms with Crippen LogP contribution in [-0.4, -0.2) is 18.0 Å². The van der Waals surface area contributed by atoms with Gasteiger partial charge in [0.1, 0.15) is 5.82 Å². The molecule has 1 fully saturated rings. The Bertz CT molecular complexity index is 2250. The molecule has 1 aliphatic rings. The van der Waals surface area contributed by atoms with Crippen LogP contribution in [0, 0.1) is 30.8 Å². The van der Waals surface area contributed by atoms with Crippen LogP contribution in [0.4, 0.5) is 4.39 Å². The molecule has 0 aliphatic heterocycles. The number of pyridine rings is 2. The molecule has 0 spiro atoms. The molecule has 0 amide bonds. The number of rotatable bonds is 6. The Labute approximate surface area is 320 Å². The van der Waals surface area contributed by atoms with E-state index in [-0.39, 0.29) is 25.9 Å². The SMILES string of the molecule is Cc1cc(-c2[c-]cccc2)ncc1[Si](C)(C)C.Fc1cccc(-c2cccc3sc4c[c-]c(-c5cc(CC6CCCCC6)ccn5)cc4c23)c1.[Ir]. The van der Waals surface area contributed by atoms with Crippen molar-refractivity contribution in [1.82, 2.24) is 9.97 Å². The first kappa shape index (κ1) is 37.0. The molecular formula is C45H43FIrN2SSi-2. The van der Waals surface area contributed by atoms with Crippen LogP contribution < -0.4 is 5.19 Å². The van der Waals surface area contributed by atoms with Crippen LogP contribution in [0.5, 0.6) is 0 Å². The van der Waals surface area contributed by atoms with Gasteiger partial charge in [0.2, 0.25) is 0 Å². The fraction of sp³-hybridized carbons (Fsp3) is 0.244. The fourth-order valence-corrected chi connectivity index (χ4v) is 10.1. The van der Waals surface area contributed by atoms with Gasteiger partial charge in [-0.2, -0.15) is 11.3 Å². The van der Waals surface area contributed by atoms with Gasteiger partial charge < -0.3 is 9.97 Å². The standard InChI is InChI=1S/C30H25FNS.C15H18NSi.Ir/c31-24-9-4-8-22(18-24)25-10-5-11-29-30(25)26-19-23(12-13-28(26)33-29)27-17-21(14-15-32-27)16-20-6-2-1-3-7-20;1-12-10-14(13-8-6-5-7-9-13)16-11-15(12)17(2,3)4;/h4-5,8-11,13-15,17-20H,1-3,6-7,16H2;5-8,10-11H,1-4H3;/q2*-1;. The van der Waals surface area contributed by atoms with Crippen LogP contribution in [0.2, 0.25) is 19.6 Å². The molecule has 1 saturated carbocycles. The van der Waals surface area contributed by atoms with E-state index < -0.39 is 8.07 Å². The molecule has 261 valence electrons. The molecule has 7 aromatic rings. The number of nitrogens with zero attached hydrogens (tertiary/aromatic N) is 2. The number of thiophene rings is 1. The number of aromatic nitrogens is 2. The van der Waals surface area contributed by atoms with Crippen molar-refractivity contribution in [3.63, 3.8) is 0 Å². The Morgan fingerprint density at radius 1 is 0.804 bits per heavy atom. The minimum absolute atomic E-state index is 0. The predicted molar refractivity (Wildman–Crippen MR) is 213 cm³/mol. The summed E-state index contributed by atoms with van der Waals surface area (Å²) in [5.41, 5.74) is 8.77. The van der Waals surface area contributed by atoms with Gasteiger partial charge in [0.25, 0.3) is 0 Å². The molecule has 2 nitrogen and oxygen atoms in total. The summed E-state index contributed by atoms with van der Waals surface area (Å²) in [4.78, 5) is 9.27. The Morgan fingerprint density at radius 3 is 2.35 bits per heavy atom. The summed E-state index contributed by atoms with van der Waals surface area (Å²) in [7, 11) is -1.27. The van der Waals surface area contributed by atoms with Crippen molar-refractivity contribution in [1.29, 1.82) is 0 Å². The Kier molecular flexibility index (Phi) is 11.8. The Hall–Kier alpha value is -3.80. The summed E-state index contributed by atoms with van der Waals surface area (Å²) in [5, 5.41) is 3.80. The summed E-state index contributed by atoms with van der Waals surface area (Å²) >= 11 is 1.76. The van der Waals surface area contributed by atoms with E-state index in [9.17, 15) is 4.39 Å². The number of benzene rings is 4. The number of halogens is 1. The third-order valence-corrected chi connectivity index (χ3v) is 13.1. The smallest absolute Gasteiger partial charge is 0.123 e. The average molecular weight is 883 g/mol. The second kappa shape index (κ2) is 16.3. The van der Waals surface area contributed by atoms with E-state index in [2.05, 4.69) is 109 Å². The summed E-state index contributed by atoms with van der Waals surface area (Å²) in [6.07, 6.45) is 12.0. The van der Waals surface area contributed by atoms with Crippen molar-refractivity contribution < 1.29 is 24.5 Å². The van der Waals surface area contributed by atoms with E-state index in [4.69, 9.17) is 0 Å². The zero-order valence-electron chi connectivity index (χ0n) is 29.7. The maximum Gasteiger partial charge on any atom is 0.123 e. The van der Waals surface area contributed by atoms with Gasteiger partial charge in [-0.3, -0.25) is 0 Å². The van der Waals surface area contributed by atoms with Gasteiger partial charge >= 0.3 is 0 Å². The third kappa shape index (κ3) is 8.64. The van der Waals surface area contributed by atoms with Gasteiger partial charge in [0, 0.05) is 37.2 Å². The summed E-state index contributed by atoms with van der Waals surface area (Å²) in [5.74, 6) is 0.590. The second-order valence-electron chi connectivity index (χ2n) is 14.6. The maximum atomic E-state index is 14.0. The molecule has 0 N–H and O–H groups in total. The molecule has 1 aliphatic carbocycles. The molecule has 3 heterocycles. The topological polar surface area (TPSA) is 25.8 Å². The average Bonchev–Trinajstić information content (AvgIpc) is 3.51. The Morgan fingerprint density at radius 2 is 1.61 bits per heavy atom. The van der Waals surface area contributed by atoms with Crippen LogP contribution in [0.3, 0.4) is 0 Å². The van der Waals surface area contributed by atoms with Crippen molar-refractivity contribution in [2.75, 3.05) is 0 Å². The zero-order chi connectivity index (χ0) is 34.7. The first-order chi connectivity index (χ1) is 24.2. The fourth-order valence-electron chi connectivity index (χ4n) is 7.33. The number of fused-ring (bicyclic) bond motifs is 3.